The minimum Gasteiger partial charge on any atom is -0.399 e. The molecule has 1 amide bonds. The van der Waals surface area contributed by atoms with E-state index in [1.54, 1.807) is 0 Å². The lowest BCUT2D eigenvalue weighted by molar-refractivity contribution is -0.126. The summed E-state index contributed by atoms with van der Waals surface area (Å²) in [6, 6.07) is 7.98. The fraction of sp³-hybridized carbons (Fsp3) is 0.562. The van der Waals surface area contributed by atoms with Crippen LogP contribution in [-0.4, -0.2) is 24.7 Å². The number of hydrogen-bond acceptors (Lipinski definition) is 3. The molecule has 20 heavy (non-hydrogen) atoms. The number of carbonyl (C=O) groups is 1. The number of rotatable bonds is 5. The van der Waals surface area contributed by atoms with Gasteiger partial charge in [-0.1, -0.05) is 12.1 Å². The Morgan fingerprint density at radius 3 is 2.55 bits per heavy atom. The normalized spacial score (nSPS) is 26.6. The molecular weight excluding hydrogens is 252 g/mol. The second kappa shape index (κ2) is 5.09. The number of anilines is 1. The van der Waals surface area contributed by atoms with Crippen LogP contribution in [0.3, 0.4) is 0 Å². The summed E-state index contributed by atoms with van der Waals surface area (Å²) in [5, 5.41) is 3.17. The van der Waals surface area contributed by atoms with Crippen LogP contribution in [0.4, 0.5) is 5.69 Å². The van der Waals surface area contributed by atoms with Gasteiger partial charge in [-0.15, -0.1) is 0 Å². The average Bonchev–Trinajstić information content (AvgIpc) is 3.18. The lowest BCUT2D eigenvalue weighted by Crippen LogP contribution is -2.50. The lowest BCUT2D eigenvalue weighted by atomic mass is 9.87. The minimum atomic E-state index is -0.301. The van der Waals surface area contributed by atoms with Gasteiger partial charge in [0.05, 0.1) is 11.5 Å². The monoisotopic (exact) mass is 274 g/mol. The SMILES string of the molecule is CCOC1CC(NC(=O)C2(c3ccc(N)cc3)CC2)C1. The Morgan fingerprint density at radius 1 is 1.35 bits per heavy atom. The Morgan fingerprint density at radius 2 is 2.00 bits per heavy atom. The zero-order valence-corrected chi connectivity index (χ0v) is 11.9. The molecule has 3 N–H and O–H groups in total. The predicted molar refractivity (Wildman–Crippen MR) is 78.3 cm³/mol. The standard InChI is InChI=1S/C16H22N2O2/c1-2-20-14-9-13(10-14)18-15(19)16(7-8-16)11-3-5-12(17)6-4-11/h3-6,13-14H,2,7-10,17H2,1H3,(H,18,19). The number of ether oxygens (including phenoxy) is 1. The molecule has 0 saturated heterocycles. The summed E-state index contributed by atoms with van der Waals surface area (Å²) in [6.45, 7) is 2.76. The zero-order chi connectivity index (χ0) is 14.2. The van der Waals surface area contributed by atoms with Crippen molar-refractivity contribution in [2.75, 3.05) is 12.3 Å². The first-order valence-corrected chi connectivity index (χ1v) is 7.42. The van der Waals surface area contributed by atoms with E-state index in [9.17, 15) is 4.79 Å². The molecule has 0 bridgehead atoms. The molecule has 0 aromatic heterocycles. The van der Waals surface area contributed by atoms with E-state index in [1.807, 2.05) is 31.2 Å². The maximum absolute atomic E-state index is 12.5. The fourth-order valence-electron chi connectivity index (χ4n) is 2.95. The molecule has 1 aromatic rings. The molecule has 2 fully saturated rings. The number of hydrogen-bond donors (Lipinski definition) is 2. The smallest absolute Gasteiger partial charge is 0.230 e. The van der Waals surface area contributed by atoms with Gasteiger partial charge in [0.15, 0.2) is 0 Å². The highest BCUT2D eigenvalue weighted by Crippen LogP contribution is 2.48. The third-order valence-corrected chi connectivity index (χ3v) is 4.48. The van der Waals surface area contributed by atoms with Crippen LogP contribution >= 0.6 is 0 Å². The third-order valence-electron chi connectivity index (χ3n) is 4.48. The van der Waals surface area contributed by atoms with E-state index in [0.29, 0.717) is 6.10 Å². The van der Waals surface area contributed by atoms with Crippen LogP contribution < -0.4 is 11.1 Å². The van der Waals surface area contributed by atoms with Crippen LogP contribution in [0.2, 0.25) is 0 Å². The van der Waals surface area contributed by atoms with Crippen molar-refractivity contribution in [2.24, 2.45) is 0 Å². The fourth-order valence-corrected chi connectivity index (χ4v) is 2.95. The van der Waals surface area contributed by atoms with E-state index in [0.717, 1.165) is 43.5 Å². The lowest BCUT2D eigenvalue weighted by Gasteiger charge is -2.36. The molecule has 4 nitrogen and oxygen atoms in total. The number of amides is 1. The maximum atomic E-state index is 12.5. The summed E-state index contributed by atoms with van der Waals surface area (Å²) in [6.07, 6.45) is 4.08. The second-order valence-corrected chi connectivity index (χ2v) is 5.92. The highest BCUT2D eigenvalue weighted by atomic mass is 16.5. The first kappa shape index (κ1) is 13.4. The van der Waals surface area contributed by atoms with Gasteiger partial charge in [-0.05, 0) is 50.3 Å². The van der Waals surface area contributed by atoms with Crippen LogP contribution in [0.15, 0.2) is 24.3 Å². The Hall–Kier alpha value is -1.55. The second-order valence-electron chi connectivity index (χ2n) is 5.92. The van der Waals surface area contributed by atoms with Crippen molar-refractivity contribution >= 4 is 11.6 Å². The largest absolute Gasteiger partial charge is 0.399 e. The van der Waals surface area contributed by atoms with E-state index < -0.39 is 0 Å². The molecule has 0 heterocycles. The van der Waals surface area contributed by atoms with E-state index in [2.05, 4.69) is 5.32 Å². The molecule has 0 unspecified atom stereocenters. The third kappa shape index (κ3) is 2.40. The van der Waals surface area contributed by atoms with Crippen molar-refractivity contribution in [2.45, 2.75) is 50.2 Å². The number of carbonyl (C=O) groups excluding carboxylic acids is 1. The van der Waals surface area contributed by atoms with Gasteiger partial charge in [-0.3, -0.25) is 4.79 Å². The van der Waals surface area contributed by atoms with Gasteiger partial charge < -0.3 is 15.8 Å². The first-order chi connectivity index (χ1) is 9.64. The molecule has 0 atom stereocenters. The summed E-state index contributed by atoms with van der Waals surface area (Å²) >= 11 is 0. The summed E-state index contributed by atoms with van der Waals surface area (Å²) in [5.41, 5.74) is 7.23. The van der Waals surface area contributed by atoms with Crippen molar-refractivity contribution in [3.63, 3.8) is 0 Å². The van der Waals surface area contributed by atoms with Gasteiger partial charge in [-0.2, -0.15) is 0 Å². The van der Waals surface area contributed by atoms with Crippen molar-refractivity contribution in [1.82, 2.24) is 5.32 Å². The maximum Gasteiger partial charge on any atom is 0.230 e. The molecule has 4 heteroatoms. The van der Waals surface area contributed by atoms with Gasteiger partial charge in [0.2, 0.25) is 5.91 Å². The first-order valence-electron chi connectivity index (χ1n) is 7.42. The van der Waals surface area contributed by atoms with Crippen molar-refractivity contribution in [3.8, 4) is 0 Å². The summed E-state index contributed by atoms with van der Waals surface area (Å²) in [5.74, 6) is 0.169. The number of nitrogens with one attached hydrogen (secondary N) is 1. The number of benzene rings is 1. The van der Waals surface area contributed by atoms with Crippen molar-refractivity contribution in [3.05, 3.63) is 29.8 Å². The Kier molecular flexibility index (Phi) is 3.42. The highest BCUT2D eigenvalue weighted by molar-refractivity contribution is 5.91. The molecule has 2 saturated carbocycles. The van der Waals surface area contributed by atoms with Crippen LogP contribution in [0.5, 0.6) is 0 Å². The summed E-state index contributed by atoms with van der Waals surface area (Å²) in [4.78, 5) is 12.5. The number of nitrogens with two attached hydrogens (primary N) is 1. The molecule has 0 radical (unpaired) electrons. The van der Waals surface area contributed by atoms with Crippen molar-refractivity contribution < 1.29 is 9.53 Å². The average molecular weight is 274 g/mol. The van der Waals surface area contributed by atoms with Crippen molar-refractivity contribution in [1.29, 1.82) is 0 Å². The van der Waals surface area contributed by atoms with Crippen LogP contribution in [0.1, 0.15) is 38.2 Å². The van der Waals surface area contributed by atoms with E-state index in [4.69, 9.17) is 10.5 Å². The Labute approximate surface area is 119 Å². The summed E-state index contributed by atoms with van der Waals surface area (Å²) < 4.78 is 5.52. The van der Waals surface area contributed by atoms with Gasteiger partial charge >= 0.3 is 0 Å². The molecule has 2 aliphatic carbocycles. The van der Waals surface area contributed by atoms with Gasteiger partial charge in [0.25, 0.3) is 0 Å². The number of nitrogen functional groups attached to an aromatic ring is 1. The van der Waals surface area contributed by atoms with Gasteiger partial charge in [0, 0.05) is 18.3 Å². The van der Waals surface area contributed by atoms with E-state index in [-0.39, 0.29) is 17.4 Å². The van der Waals surface area contributed by atoms with E-state index >= 15 is 0 Å². The molecular formula is C16H22N2O2. The van der Waals surface area contributed by atoms with Gasteiger partial charge in [0.1, 0.15) is 0 Å². The molecule has 3 rings (SSSR count). The zero-order valence-electron chi connectivity index (χ0n) is 11.9. The predicted octanol–water partition coefficient (Wildman–Crippen LogP) is 1.98. The molecule has 2 aliphatic rings. The molecule has 1 aromatic carbocycles. The highest BCUT2D eigenvalue weighted by Gasteiger charge is 2.52. The minimum absolute atomic E-state index is 0.169. The Bertz CT molecular complexity index is 488. The molecule has 0 spiro atoms. The quantitative estimate of drug-likeness (QED) is 0.807. The van der Waals surface area contributed by atoms with Gasteiger partial charge in [-0.25, -0.2) is 0 Å². The summed E-state index contributed by atoms with van der Waals surface area (Å²) in [7, 11) is 0. The van der Waals surface area contributed by atoms with Crippen LogP contribution in [0.25, 0.3) is 0 Å². The topological polar surface area (TPSA) is 64.3 Å². The Balaban J connectivity index is 1.59. The van der Waals surface area contributed by atoms with Crippen LogP contribution in [0, 0.1) is 0 Å². The van der Waals surface area contributed by atoms with E-state index in [1.165, 1.54) is 0 Å². The van der Waals surface area contributed by atoms with Crippen LogP contribution in [-0.2, 0) is 14.9 Å². The molecule has 0 aliphatic heterocycles. The molecule has 108 valence electrons.